The lowest BCUT2D eigenvalue weighted by Crippen LogP contribution is -2.22. The summed E-state index contributed by atoms with van der Waals surface area (Å²) in [5.74, 6) is -1.03. The largest absolute Gasteiger partial charge is 0.545 e. The number of halogens is 2. The first-order valence-electron chi connectivity index (χ1n) is 8.56. The summed E-state index contributed by atoms with van der Waals surface area (Å²) in [6, 6.07) is 19.6. The number of nitrogens with zero attached hydrogens (tertiary/aromatic N) is 1. The Hall–Kier alpha value is -3.43. The summed E-state index contributed by atoms with van der Waals surface area (Å²) < 4.78 is 19.9. The molecule has 0 fully saturated rings. The molecule has 3 aromatic rings. The monoisotopic (exact) mass is 450 g/mol. The van der Waals surface area contributed by atoms with Gasteiger partial charge in [0.1, 0.15) is 18.2 Å². The van der Waals surface area contributed by atoms with Crippen molar-refractivity contribution in [2.75, 3.05) is 0 Å². The molecule has 0 aliphatic rings. The quantitative estimate of drug-likeness (QED) is 0.406. The maximum Gasteiger partial charge on any atom is 0.134 e. The molecule has 3 aromatic carbocycles. The van der Waals surface area contributed by atoms with Crippen LogP contribution >= 0.6 is 15.9 Å². The van der Waals surface area contributed by atoms with E-state index >= 15 is 0 Å². The molecule has 0 N–H and O–H groups in total. The van der Waals surface area contributed by atoms with Gasteiger partial charge in [-0.1, -0.05) is 42.5 Å². The SMILES string of the molecule is N#C/C(=C/c1ccc(OCc2ccc(C(=O)[O-])cc2)c(Br)c1)c1cccc(F)c1. The van der Waals surface area contributed by atoms with Crippen molar-refractivity contribution in [3.63, 3.8) is 0 Å². The molecule has 0 aliphatic carbocycles. The molecule has 3 rings (SSSR count). The van der Waals surface area contributed by atoms with Crippen molar-refractivity contribution in [2.45, 2.75) is 6.61 Å². The molecular weight excluding hydrogens is 437 g/mol. The van der Waals surface area contributed by atoms with Crippen LogP contribution < -0.4 is 9.84 Å². The Bertz CT molecular complexity index is 1120. The van der Waals surface area contributed by atoms with Crippen molar-refractivity contribution in [1.29, 1.82) is 5.26 Å². The van der Waals surface area contributed by atoms with Crippen LogP contribution in [0.4, 0.5) is 4.39 Å². The first-order valence-corrected chi connectivity index (χ1v) is 9.36. The minimum absolute atomic E-state index is 0.109. The van der Waals surface area contributed by atoms with Crippen LogP contribution in [-0.2, 0) is 6.61 Å². The molecule has 0 spiro atoms. The zero-order valence-corrected chi connectivity index (χ0v) is 16.6. The minimum atomic E-state index is -1.22. The van der Waals surface area contributed by atoms with Crippen LogP contribution in [0.25, 0.3) is 11.6 Å². The van der Waals surface area contributed by atoms with Gasteiger partial charge in [0, 0.05) is 0 Å². The lowest BCUT2D eigenvalue weighted by atomic mass is 10.0. The fraction of sp³-hybridized carbons (Fsp3) is 0.0435. The third kappa shape index (κ3) is 5.31. The van der Waals surface area contributed by atoms with Gasteiger partial charge < -0.3 is 14.6 Å². The molecule has 4 nitrogen and oxygen atoms in total. The Morgan fingerprint density at radius 3 is 2.48 bits per heavy atom. The zero-order chi connectivity index (χ0) is 20.8. The van der Waals surface area contributed by atoms with Crippen molar-refractivity contribution >= 4 is 33.5 Å². The van der Waals surface area contributed by atoms with Gasteiger partial charge in [0.15, 0.2) is 0 Å². The predicted molar refractivity (Wildman–Crippen MR) is 109 cm³/mol. The van der Waals surface area contributed by atoms with E-state index in [2.05, 4.69) is 22.0 Å². The Morgan fingerprint density at radius 2 is 1.86 bits per heavy atom. The summed E-state index contributed by atoms with van der Waals surface area (Å²) in [7, 11) is 0. The summed E-state index contributed by atoms with van der Waals surface area (Å²) in [5.41, 5.74) is 2.52. The zero-order valence-electron chi connectivity index (χ0n) is 15.1. The number of hydrogen-bond acceptors (Lipinski definition) is 4. The molecule has 0 atom stereocenters. The van der Waals surface area contributed by atoms with E-state index in [1.807, 2.05) is 0 Å². The molecule has 0 amide bonds. The van der Waals surface area contributed by atoms with E-state index in [0.717, 1.165) is 11.1 Å². The number of rotatable bonds is 6. The van der Waals surface area contributed by atoms with Crippen LogP contribution in [0.3, 0.4) is 0 Å². The second-order valence-corrected chi connectivity index (χ2v) is 7.00. The van der Waals surface area contributed by atoms with Crippen molar-refractivity contribution in [3.8, 4) is 11.8 Å². The molecule has 0 unspecified atom stereocenters. The van der Waals surface area contributed by atoms with Crippen molar-refractivity contribution in [1.82, 2.24) is 0 Å². The average molecular weight is 451 g/mol. The number of carbonyl (C=O) groups excluding carboxylic acids is 1. The third-order valence-corrected chi connectivity index (χ3v) is 4.73. The Kier molecular flexibility index (Phi) is 6.43. The summed E-state index contributed by atoms with van der Waals surface area (Å²) >= 11 is 3.45. The number of ether oxygens (including phenoxy) is 1. The molecule has 0 saturated heterocycles. The van der Waals surface area contributed by atoms with E-state index in [1.54, 1.807) is 48.5 Å². The molecule has 144 valence electrons. The van der Waals surface area contributed by atoms with Crippen LogP contribution in [0.2, 0.25) is 0 Å². The molecule has 0 radical (unpaired) electrons. The van der Waals surface area contributed by atoms with Gasteiger partial charge in [0.05, 0.1) is 22.1 Å². The van der Waals surface area contributed by atoms with Crippen LogP contribution in [-0.4, -0.2) is 5.97 Å². The van der Waals surface area contributed by atoms with Gasteiger partial charge in [-0.25, -0.2) is 4.39 Å². The number of carboxylic acid groups (broad SMARTS) is 1. The highest BCUT2D eigenvalue weighted by molar-refractivity contribution is 9.10. The number of hydrogen-bond donors (Lipinski definition) is 0. The van der Waals surface area contributed by atoms with E-state index in [1.165, 1.54) is 24.3 Å². The summed E-state index contributed by atoms with van der Waals surface area (Å²) in [6.45, 7) is 0.258. The average Bonchev–Trinajstić information content (AvgIpc) is 2.71. The van der Waals surface area contributed by atoms with Crippen LogP contribution in [0.1, 0.15) is 27.0 Å². The number of allylic oxidation sites excluding steroid dienone is 1. The number of nitriles is 1. The van der Waals surface area contributed by atoms with Crippen LogP contribution in [0.5, 0.6) is 5.75 Å². The fourth-order valence-corrected chi connectivity index (χ4v) is 3.14. The normalized spacial score (nSPS) is 11.0. The van der Waals surface area contributed by atoms with Gasteiger partial charge in [-0.3, -0.25) is 0 Å². The molecule has 0 aromatic heterocycles. The molecule has 29 heavy (non-hydrogen) atoms. The standard InChI is InChI=1S/C23H15BrFNO3/c24-21-11-16(10-19(13-26)18-2-1-3-20(25)12-18)6-9-22(21)29-14-15-4-7-17(8-5-15)23(27)28/h1-12H,14H2,(H,27,28)/p-1/b19-10-. The predicted octanol–water partition coefficient (Wildman–Crippen LogP) is 4.59. The molecular formula is C23H14BrFNO3-. The van der Waals surface area contributed by atoms with Gasteiger partial charge in [0.2, 0.25) is 0 Å². The Morgan fingerprint density at radius 1 is 1.10 bits per heavy atom. The van der Waals surface area contributed by atoms with E-state index in [4.69, 9.17) is 4.74 Å². The first kappa shape index (κ1) is 20.3. The number of aromatic carboxylic acids is 1. The number of carbonyl (C=O) groups is 1. The Labute approximate surface area is 175 Å². The Balaban J connectivity index is 1.74. The molecule has 6 heteroatoms. The van der Waals surface area contributed by atoms with Gasteiger partial charge >= 0.3 is 0 Å². The third-order valence-electron chi connectivity index (χ3n) is 4.11. The number of carboxylic acids is 1. The lowest BCUT2D eigenvalue weighted by Gasteiger charge is -2.10. The maximum atomic E-state index is 13.4. The second-order valence-electron chi connectivity index (χ2n) is 6.14. The minimum Gasteiger partial charge on any atom is -0.545 e. The van der Waals surface area contributed by atoms with Gasteiger partial charge in [-0.05, 0) is 68.5 Å². The highest BCUT2D eigenvalue weighted by Gasteiger charge is 2.06. The summed E-state index contributed by atoms with van der Waals surface area (Å²) in [6.07, 6.45) is 1.67. The maximum absolute atomic E-state index is 13.4. The molecule has 0 saturated carbocycles. The van der Waals surface area contributed by atoms with E-state index in [9.17, 15) is 19.6 Å². The second kappa shape index (κ2) is 9.18. The number of benzene rings is 3. The van der Waals surface area contributed by atoms with Crippen LogP contribution in [0.15, 0.2) is 71.2 Å². The lowest BCUT2D eigenvalue weighted by molar-refractivity contribution is -0.255. The van der Waals surface area contributed by atoms with Gasteiger partial charge in [-0.15, -0.1) is 0 Å². The van der Waals surface area contributed by atoms with E-state index < -0.39 is 11.8 Å². The molecule has 0 aliphatic heterocycles. The van der Waals surface area contributed by atoms with Crippen molar-refractivity contribution in [2.24, 2.45) is 0 Å². The van der Waals surface area contributed by atoms with Crippen molar-refractivity contribution < 1.29 is 19.0 Å². The topological polar surface area (TPSA) is 73.1 Å². The first-order chi connectivity index (χ1) is 14.0. The van der Waals surface area contributed by atoms with Gasteiger partial charge in [0.25, 0.3) is 0 Å². The highest BCUT2D eigenvalue weighted by Crippen LogP contribution is 2.29. The van der Waals surface area contributed by atoms with Crippen LogP contribution in [0, 0.1) is 17.1 Å². The smallest absolute Gasteiger partial charge is 0.134 e. The molecule has 0 heterocycles. The van der Waals surface area contributed by atoms with E-state index in [-0.39, 0.29) is 12.2 Å². The molecule has 0 bridgehead atoms. The summed E-state index contributed by atoms with van der Waals surface area (Å²) in [5, 5.41) is 20.2. The highest BCUT2D eigenvalue weighted by atomic mass is 79.9. The summed E-state index contributed by atoms with van der Waals surface area (Å²) in [4.78, 5) is 10.8. The van der Waals surface area contributed by atoms with E-state index in [0.29, 0.717) is 21.4 Å². The fourth-order valence-electron chi connectivity index (χ4n) is 2.62. The van der Waals surface area contributed by atoms with Crippen molar-refractivity contribution in [3.05, 3.63) is 99.3 Å². The van der Waals surface area contributed by atoms with Gasteiger partial charge in [-0.2, -0.15) is 5.26 Å².